The molecule has 1 atom stereocenters. The third-order valence-electron chi connectivity index (χ3n) is 3.70. The van der Waals surface area contributed by atoms with Crippen molar-refractivity contribution >= 4 is 38.0 Å². The van der Waals surface area contributed by atoms with Crippen LogP contribution in [0.5, 0.6) is 5.75 Å². The zero-order valence-corrected chi connectivity index (χ0v) is 17.7. The maximum absolute atomic E-state index is 12.1. The van der Waals surface area contributed by atoms with Crippen LogP contribution in [0.4, 0.5) is 4.79 Å². The van der Waals surface area contributed by atoms with Crippen LogP contribution >= 0.6 is 31.9 Å². The molecular weight excluding hydrogens is 440 g/mol. The van der Waals surface area contributed by atoms with E-state index in [1.165, 1.54) is 0 Å². The molecule has 1 heterocycles. The van der Waals surface area contributed by atoms with Gasteiger partial charge in [-0.3, -0.25) is 0 Å². The molecule has 1 fully saturated rings. The Labute approximate surface area is 160 Å². The molecule has 1 saturated heterocycles. The molecule has 7 heteroatoms. The highest BCUT2D eigenvalue weighted by molar-refractivity contribution is 9.11. The van der Waals surface area contributed by atoms with Gasteiger partial charge < -0.3 is 19.7 Å². The first kappa shape index (κ1) is 19.5. The summed E-state index contributed by atoms with van der Waals surface area (Å²) in [6, 6.07) is 4.35. The Morgan fingerprint density at radius 3 is 2.50 bits per heavy atom. The molecule has 0 aliphatic carbocycles. The van der Waals surface area contributed by atoms with Crippen LogP contribution in [0.25, 0.3) is 0 Å². The Hall–Kier alpha value is -0.790. The summed E-state index contributed by atoms with van der Waals surface area (Å²) in [5.74, 6) is 0.788. The van der Waals surface area contributed by atoms with Gasteiger partial charge in [-0.05, 0) is 76.7 Å². The van der Waals surface area contributed by atoms with Crippen LogP contribution in [0, 0.1) is 0 Å². The quantitative estimate of drug-likeness (QED) is 0.722. The molecule has 1 aliphatic heterocycles. The summed E-state index contributed by atoms with van der Waals surface area (Å²) in [6.07, 6.45) is 0.694. The maximum Gasteiger partial charge on any atom is 0.410 e. The Kier molecular flexibility index (Phi) is 6.56. The van der Waals surface area contributed by atoms with E-state index in [1.54, 1.807) is 12.0 Å². The molecule has 0 radical (unpaired) electrons. The van der Waals surface area contributed by atoms with Crippen molar-refractivity contribution in [2.24, 2.45) is 0 Å². The van der Waals surface area contributed by atoms with Gasteiger partial charge in [-0.15, -0.1) is 0 Å². The summed E-state index contributed by atoms with van der Waals surface area (Å²) < 4.78 is 12.6. The molecule has 1 unspecified atom stereocenters. The van der Waals surface area contributed by atoms with Gasteiger partial charge in [-0.25, -0.2) is 4.79 Å². The van der Waals surface area contributed by atoms with Crippen molar-refractivity contribution in [1.29, 1.82) is 0 Å². The predicted octanol–water partition coefficient (Wildman–Crippen LogP) is 4.32. The first-order chi connectivity index (χ1) is 11.2. The van der Waals surface area contributed by atoms with E-state index >= 15 is 0 Å². The SMILES string of the molecule is COc1c(Br)cc(CNC2CCN(C(=O)OC(C)(C)C)C2)cc1Br. The number of halogens is 2. The fraction of sp³-hybridized carbons (Fsp3) is 0.588. The average molecular weight is 464 g/mol. The lowest BCUT2D eigenvalue weighted by molar-refractivity contribution is 0.0291. The normalized spacial score (nSPS) is 17.9. The number of carbonyl (C=O) groups is 1. The van der Waals surface area contributed by atoms with Gasteiger partial charge in [0.1, 0.15) is 11.4 Å². The second kappa shape index (κ2) is 8.06. The summed E-state index contributed by atoms with van der Waals surface area (Å²) in [5.41, 5.74) is 0.690. The Balaban J connectivity index is 1.87. The molecule has 0 spiro atoms. The van der Waals surface area contributed by atoms with Crippen LogP contribution in [-0.4, -0.2) is 42.8 Å². The third-order valence-corrected chi connectivity index (χ3v) is 4.88. The summed E-state index contributed by atoms with van der Waals surface area (Å²) >= 11 is 7.03. The average Bonchev–Trinajstić information content (AvgIpc) is 2.92. The zero-order valence-electron chi connectivity index (χ0n) is 14.5. The van der Waals surface area contributed by atoms with E-state index in [1.807, 2.05) is 32.9 Å². The number of hydrogen-bond acceptors (Lipinski definition) is 4. The standard InChI is InChI=1S/C17H24Br2N2O3/c1-17(2,3)24-16(22)21-6-5-12(10-21)20-9-11-7-13(18)15(23-4)14(19)8-11/h7-8,12,20H,5-6,9-10H2,1-4H3. The molecule has 1 aromatic rings. The van der Waals surface area contributed by atoms with Gasteiger partial charge in [0, 0.05) is 25.7 Å². The lowest BCUT2D eigenvalue weighted by Gasteiger charge is -2.24. The monoisotopic (exact) mass is 462 g/mol. The molecule has 5 nitrogen and oxygen atoms in total. The van der Waals surface area contributed by atoms with E-state index in [9.17, 15) is 4.79 Å². The summed E-state index contributed by atoms with van der Waals surface area (Å²) in [4.78, 5) is 13.9. The van der Waals surface area contributed by atoms with Crippen LogP contribution in [-0.2, 0) is 11.3 Å². The molecule has 1 aliphatic rings. The molecule has 24 heavy (non-hydrogen) atoms. The maximum atomic E-state index is 12.1. The Morgan fingerprint density at radius 2 is 1.96 bits per heavy atom. The summed E-state index contributed by atoms with van der Waals surface area (Å²) in [6.45, 7) is 7.78. The highest BCUT2D eigenvalue weighted by atomic mass is 79.9. The van der Waals surface area contributed by atoms with Crippen molar-refractivity contribution in [3.63, 3.8) is 0 Å². The van der Waals surface area contributed by atoms with Crippen molar-refractivity contribution in [3.8, 4) is 5.75 Å². The van der Waals surface area contributed by atoms with Crippen LogP contribution in [0.1, 0.15) is 32.8 Å². The number of likely N-dealkylation sites (tertiary alicyclic amines) is 1. The van der Waals surface area contributed by atoms with Crippen LogP contribution in [0.3, 0.4) is 0 Å². The van der Waals surface area contributed by atoms with Crippen LogP contribution in [0.2, 0.25) is 0 Å². The van der Waals surface area contributed by atoms with Crippen LogP contribution in [0.15, 0.2) is 21.1 Å². The van der Waals surface area contributed by atoms with Crippen molar-refractivity contribution in [2.45, 2.75) is 45.4 Å². The minimum absolute atomic E-state index is 0.235. The van der Waals surface area contributed by atoms with Crippen molar-refractivity contribution in [3.05, 3.63) is 26.6 Å². The van der Waals surface area contributed by atoms with Gasteiger partial charge in [-0.1, -0.05) is 0 Å². The van der Waals surface area contributed by atoms with E-state index in [2.05, 4.69) is 37.2 Å². The molecular formula is C17H24Br2N2O3. The molecule has 1 aromatic carbocycles. The lowest BCUT2D eigenvalue weighted by Crippen LogP contribution is -2.38. The number of nitrogens with zero attached hydrogens (tertiary/aromatic N) is 1. The van der Waals surface area contributed by atoms with Gasteiger partial charge in [0.05, 0.1) is 16.1 Å². The minimum Gasteiger partial charge on any atom is -0.494 e. The van der Waals surface area contributed by atoms with Gasteiger partial charge in [0.25, 0.3) is 0 Å². The van der Waals surface area contributed by atoms with Gasteiger partial charge in [0.15, 0.2) is 0 Å². The molecule has 1 N–H and O–H groups in total. The second-order valence-corrected chi connectivity index (χ2v) is 8.59. The zero-order chi connectivity index (χ0) is 17.9. The Bertz CT molecular complexity index is 579. The molecule has 2 rings (SSSR count). The number of benzene rings is 1. The highest BCUT2D eigenvalue weighted by Gasteiger charge is 2.29. The number of carbonyl (C=O) groups excluding carboxylic acids is 1. The topological polar surface area (TPSA) is 50.8 Å². The Morgan fingerprint density at radius 1 is 1.33 bits per heavy atom. The predicted molar refractivity (Wildman–Crippen MR) is 101 cm³/mol. The van der Waals surface area contributed by atoms with E-state index in [0.29, 0.717) is 6.54 Å². The first-order valence-electron chi connectivity index (χ1n) is 7.93. The van der Waals surface area contributed by atoms with Crippen molar-refractivity contribution < 1.29 is 14.3 Å². The highest BCUT2D eigenvalue weighted by Crippen LogP contribution is 2.34. The number of ether oxygens (including phenoxy) is 2. The lowest BCUT2D eigenvalue weighted by atomic mass is 10.2. The number of hydrogen-bond donors (Lipinski definition) is 1. The largest absolute Gasteiger partial charge is 0.494 e. The van der Waals surface area contributed by atoms with E-state index in [0.717, 1.165) is 39.8 Å². The second-order valence-electron chi connectivity index (χ2n) is 6.89. The smallest absolute Gasteiger partial charge is 0.410 e. The van der Waals surface area contributed by atoms with Crippen molar-refractivity contribution in [2.75, 3.05) is 20.2 Å². The molecule has 0 aromatic heterocycles. The number of methoxy groups -OCH3 is 1. The van der Waals surface area contributed by atoms with Gasteiger partial charge in [-0.2, -0.15) is 0 Å². The minimum atomic E-state index is -0.454. The number of nitrogens with one attached hydrogen (secondary N) is 1. The van der Waals surface area contributed by atoms with Crippen LogP contribution < -0.4 is 10.1 Å². The summed E-state index contributed by atoms with van der Waals surface area (Å²) in [7, 11) is 1.65. The fourth-order valence-electron chi connectivity index (χ4n) is 2.59. The summed E-state index contributed by atoms with van der Waals surface area (Å²) in [5, 5.41) is 3.51. The number of amides is 1. The molecule has 0 saturated carbocycles. The van der Waals surface area contributed by atoms with Crippen molar-refractivity contribution in [1.82, 2.24) is 10.2 Å². The number of rotatable bonds is 4. The van der Waals surface area contributed by atoms with Gasteiger partial charge >= 0.3 is 6.09 Å². The third kappa shape index (κ3) is 5.36. The van der Waals surface area contributed by atoms with E-state index in [4.69, 9.17) is 9.47 Å². The van der Waals surface area contributed by atoms with E-state index in [-0.39, 0.29) is 12.1 Å². The fourth-order valence-corrected chi connectivity index (χ4v) is 4.20. The molecule has 134 valence electrons. The molecule has 1 amide bonds. The molecule has 0 bridgehead atoms. The first-order valence-corrected chi connectivity index (χ1v) is 9.51. The van der Waals surface area contributed by atoms with E-state index < -0.39 is 5.60 Å². The van der Waals surface area contributed by atoms with Gasteiger partial charge in [0.2, 0.25) is 0 Å².